The lowest BCUT2D eigenvalue weighted by molar-refractivity contribution is 0.167. The molecule has 0 bridgehead atoms. The van der Waals surface area contributed by atoms with Gasteiger partial charge in [0.25, 0.3) is 0 Å². The average molecular weight is 419 g/mol. The number of sulfone groups is 1. The van der Waals surface area contributed by atoms with Crippen LogP contribution in [0.5, 0.6) is 0 Å². The molecule has 0 aromatic heterocycles. The number of alkyl halides is 2. The van der Waals surface area contributed by atoms with Gasteiger partial charge in [-0.15, -0.1) is 0 Å². The highest BCUT2D eigenvalue weighted by Crippen LogP contribution is 2.52. The van der Waals surface area contributed by atoms with Crippen molar-refractivity contribution in [3.8, 4) is 6.07 Å². The molecule has 0 N–H and O–H groups in total. The quantitative estimate of drug-likeness (QED) is 0.686. The van der Waals surface area contributed by atoms with E-state index in [0.29, 0.717) is 36.0 Å². The van der Waals surface area contributed by atoms with Gasteiger partial charge in [-0.25, -0.2) is 21.6 Å². The molecule has 0 unspecified atom stereocenters. The van der Waals surface area contributed by atoms with Crippen LogP contribution in [-0.2, 0) is 16.3 Å². The van der Waals surface area contributed by atoms with Gasteiger partial charge >= 0.3 is 0 Å². The third kappa shape index (κ3) is 3.05. The normalized spacial score (nSPS) is 25.9. The van der Waals surface area contributed by atoms with E-state index in [-0.39, 0.29) is 21.6 Å². The first kappa shape index (κ1) is 20.0. The first-order valence-electron chi connectivity index (χ1n) is 9.52. The highest BCUT2D eigenvalue weighted by molar-refractivity contribution is 7.90. The Morgan fingerprint density at radius 3 is 2.52 bits per heavy atom. The second-order valence-electron chi connectivity index (χ2n) is 7.97. The Balaban J connectivity index is 2.00. The van der Waals surface area contributed by atoms with Gasteiger partial charge in [0.1, 0.15) is 12.0 Å². The second-order valence-corrected chi connectivity index (χ2v) is 9.95. The van der Waals surface area contributed by atoms with Crippen LogP contribution in [0.25, 0.3) is 0 Å². The molecule has 0 saturated heterocycles. The maximum absolute atomic E-state index is 15.1. The molecule has 0 spiro atoms. The minimum Gasteiger partial charge on any atom is -0.243 e. The number of hydrogen-bond acceptors (Lipinski definition) is 3. The molecule has 4 atom stereocenters. The fourth-order valence-corrected chi connectivity index (χ4v) is 5.96. The van der Waals surface area contributed by atoms with E-state index in [1.807, 2.05) is 6.07 Å². The number of fused-ring (bicyclic) bond motifs is 2. The fraction of sp³-hybridized carbons (Fsp3) is 0.409. The van der Waals surface area contributed by atoms with E-state index < -0.39 is 39.8 Å². The van der Waals surface area contributed by atoms with Crippen LogP contribution in [0, 0.1) is 17.1 Å². The molecule has 4 rings (SSSR count). The van der Waals surface area contributed by atoms with Crippen molar-refractivity contribution in [1.29, 1.82) is 5.26 Å². The number of aryl methyl sites for hydroxylation is 1. The first-order chi connectivity index (χ1) is 13.6. The predicted molar refractivity (Wildman–Crippen MR) is 103 cm³/mol. The summed E-state index contributed by atoms with van der Waals surface area (Å²) in [4.78, 5) is -0.0535. The van der Waals surface area contributed by atoms with Crippen LogP contribution < -0.4 is 0 Å². The van der Waals surface area contributed by atoms with Gasteiger partial charge in [-0.1, -0.05) is 13.0 Å². The summed E-state index contributed by atoms with van der Waals surface area (Å²) >= 11 is 0. The van der Waals surface area contributed by atoms with Crippen LogP contribution >= 0.6 is 0 Å². The molecule has 29 heavy (non-hydrogen) atoms. The summed E-state index contributed by atoms with van der Waals surface area (Å²) in [7, 11) is -3.67. The maximum atomic E-state index is 15.1. The second kappa shape index (κ2) is 6.88. The summed E-state index contributed by atoms with van der Waals surface area (Å²) in [6.45, 7) is 1.49. The lowest BCUT2D eigenvalue weighted by atomic mass is 9.75. The number of rotatable bonds is 2. The van der Waals surface area contributed by atoms with Gasteiger partial charge in [0.2, 0.25) is 0 Å². The molecule has 0 radical (unpaired) electrons. The van der Waals surface area contributed by atoms with Crippen LogP contribution in [0.3, 0.4) is 0 Å². The van der Waals surface area contributed by atoms with Gasteiger partial charge in [0, 0.05) is 18.1 Å². The molecule has 2 aliphatic rings. The van der Waals surface area contributed by atoms with Crippen molar-refractivity contribution in [2.24, 2.45) is 0 Å². The van der Waals surface area contributed by atoms with Crippen LogP contribution in [0.15, 0.2) is 29.2 Å². The zero-order chi connectivity index (χ0) is 21.1. The van der Waals surface area contributed by atoms with Crippen molar-refractivity contribution in [3.05, 3.63) is 63.5 Å². The number of hydrogen-bond donors (Lipinski definition) is 0. The standard InChI is InChI=1S/C22H20F3NO2S/c1-11-18-17(29(2,27)28)7-6-16(20(18)22(25)21(11)24)15-5-3-4-12-8-14(23)9-13(10-26)19(12)15/h6-9,11,15,21-22H,3-5H2,1-2H3/t11-,15+,21-,22+/m0/s1. The molecular formula is C22H20F3NO2S. The van der Waals surface area contributed by atoms with Crippen LogP contribution in [0.4, 0.5) is 13.2 Å². The van der Waals surface area contributed by atoms with Crippen molar-refractivity contribution in [1.82, 2.24) is 0 Å². The van der Waals surface area contributed by atoms with E-state index in [1.54, 1.807) is 0 Å². The Hall–Kier alpha value is -2.33. The van der Waals surface area contributed by atoms with Crippen LogP contribution in [-0.4, -0.2) is 20.8 Å². The smallest absolute Gasteiger partial charge is 0.175 e. The zero-order valence-corrected chi connectivity index (χ0v) is 16.9. The Kier molecular flexibility index (Phi) is 4.73. The molecular weight excluding hydrogens is 399 g/mol. The van der Waals surface area contributed by atoms with Gasteiger partial charge in [-0.3, -0.25) is 0 Å². The molecule has 0 fully saturated rings. The first-order valence-corrected chi connectivity index (χ1v) is 11.4. The third-order valence-corrected chi connectivity index (χ3v) is 7.34. The lowest BCUT2D eigenvalue weighted by Crippen LogP contribution is -2.16. The van der Waals surface area contributed by atoms with Crippen LogP contribution in [0.2, 0.25) is 0 Å². The number of nitrogens with zero attached hydrogens (tertiary/aromatic N) is 1. The van der Waals surface area contributed by atoms with Gasteiger partial charge in [0.05, 0.1) is 16.5 Å². The molecule has 0 amide bonds. The van der Waals surface area contributed by atoms with E-state index in [2.05, 4.69) is 0 Å². The average Bonchev–Trinajstić information content (AvgIpc) is 2.90. The third-order valence-electron chi connectivity index (χ3n) is 6.18. The van der Waals surface area contributed by atoms with Crippen molar-refractivity contribution < 1.29 is 21.6 Å². The largest absolute Gasteiger partial charge is 0.243 e. The minimum absolute atomic E-state index is 0.0535. The molecule has 2 aliphatic carbocycles. The molecule has 0 saturated carbocycles. The molecule has 0 heterocycles. The monoisotopic (exact) mass is 419 g/mol. The van der Waals surface area contributed by atoms with Gasteiger partial charge < -0.3 is 0 Å². The Morgan fingerprint density at radius 2 is 1.86 bits per heavy atom. The van der Waals surface area contributed by atoms with Gasteiger partial charge in [-0.05, 0) is 65.3 Å². The molecule has 0 aliphatic heterocycles. The van der Waals surface area contributed by atoms with E-state index in [9.17, 15) is 22.5 Å². The Bertz CT molecular complexity index is 1150. The maximum Gasteiger partial charge on any atom is 0.175 e. The summed E-state index contributed by atoms with van der Waals surface area (Å²) in [6.07, 6.45) is -0.842. The predicted octanol–water partition coefficient (Wildman–Crippen LogP) is 5.03. The summed E-state index contributed by atoms with van der Waals surface area (Å²) in [5.41, 5.74) is 2.28. The summed E-state index contributed by atoms with van der Waals surface area (Å²) < 4.78 is 68.1. The van der Waals surface area contributed by atoms with Crippen molar-refractivity contribution in [2.45, 2.75) is 55.3 Å². The number of benzene rings is 2. The fourth-order valence-electron chi connectivity index (χ4n) is 4.95. The molecule has 7 heteroatoms. The highest BCUT2D eigenvalue weighted by Gasteiger charge is 2.45. The summed E-state index contributed by atoms with van der Waals surface area (Å²) in [5, 5.41) is 9.53. The van der Waals surface area contributed by atoms with Crippen molar-refractivity contribution in [3.63, 3.8) is 0 Å². The molecule has 152 valence electrons. The summed E-state index contributed by atoms with van der Waals surface area (Å²) in [6, 6.07) is 7.53. The van der Waals surface area contributed by atoms with E-state index in [0.717, 1.165) is 12.3 Å². The lowest BCUT2D eigenvalue weighted by Gasteiger charge is -2.29. The van der Waals surface area contributed by atoms with E-state index in [4.69, 9.17) is 0 Å². The highest BCUT2D eigenvalue weighted by atomic mass is 32.2. The van der Waals surface area contributed by atoms with E-state index in [1.165, 1.54) is 25.1 Å². The molecule has 2 aromatic carbocycles. The Morgan fingerprint density at radius 1 is 1.14 bits per heavy atom. The zero-order valence-electron chi connectivity index (χ0n) is 16.0. The van der Waals surface area contributed by atoms with Crippen LogP contribution in [0.1, 0.15) is 71.2 Å². The number of nitriles is 1. The van der Waals surface area contributed by atoms with Gasteiger partial charge in [-0.2, -0.15) is 5.26 Å². The van der Waals surface area contributed by atoms with Gasteiger partial charge in [0.15, 0.2) is 16.0 Å². The number of halogens is 3. The van der Waals surface area contributed by atoms with Crippen molar-refractivity contribution in [2.75, 3.05) is 6.26 Å². The molecule has 2 aromatic rings. The molecule has 3 nitrogen and oxygen atoms in total. The SMILES string of the molecule is C[C@H]1c2c(S(C)(=O)=O)ccc([C@H]3CCCc4cc(F)cc(C#N)c43)c2[C@@H](F)[C@H]1F. The Labute approximate surface area is 168 Å². The topological polar surface area (TPSA) is 57.9 Å². The minimum atomic E-state index is -3.67. The summed E-state index contributed by atoms with van der Waals surface area (Å²) in [5.74, 6) is -1.80. The van der Waals surface area contributed by atoms with E-state index >= 15 is 4.39 Å². The van der Waals surface area contributed by atoms with Crippen molar-refractivity contribution >= 4 is 9.84 Å².